The third kappa shape index (κ3) is 4.44. The van der Waals surface area contributed by atoms with Crippen molar-refractivity contribution in [2.45, 2.75) is 12.2 Å². The van der Waals surface area contributed by atoms with Gasteiger partial charge < -0.3 is 9.38 Å². The molecule has 9 heterocycles. The van der Waals surface area contributed by atoms with Gasteiger partial charge in [0.2, 0.25) is 0 Å². The van der Waals surface area contributed by atoms with Gasteiger partial charge in [-0.05, 0) is 53.4 Å². The molecule has 3 aromatic carbocycles. The fraction of sp³-hybridized carbons (Fsp3) is 0.0455. The molecule has 0 spiro atoms. The number of aliphatic imine (C=N–C) groups is 3. The monoisotopic (exact) mass is 739 g/mol. The van der Waals surface area contributed by atoms with Crippen LogP contribution in [0, 0.1) is 0 Å². The van der Waals surface area contributed by atoms with Crippen LogP contribution in [0.1, 0.15) is 17.0 Å². The van der Waals surface area contributed by atoms with Gasteiger partial charge in [0, 0.05) is 54.4 Å². The lowest BCUT2D eigenvalue weighted by Gasteiger charge is -2.53. The maximum atomic E-state index is 5.48. The smallest absolute Gasteiger partial charge is 0.270 e. The third-order valence-corrected chi connectivity index (χ3v) is 10.9. The molecule has 0 aliphatic carbocycles. The molecule has 0 radical (unpaired) electrons. The van der Waals surface area contributed by atoms with Crippen LogP contribution in [-0.2, 0) is 12.2 Å². The van der Waals surface area contributed by atoms with E-state index in [4.69, 9.17) is 30.2 Å². The number of hydrogen-bond donors (Lipinski definition) is 1. The Kier molecular flexibility index (Phi) is 6.57. The molecular weight excluding hydrogens is 711 g/mol. The molecule has 9 aromatic rings. The molecule has 270 valence electrons. The number of rotatable bonds is 6. The van der Waals surface area contributed by atoms with Crippen molar-refractivity contribution in [3.8, 4) is 0 Å². The van der Waals surface area contributed by atoms with Crippen molar-refractivity contribution in [3.05, 3.63) is 181 Å². The average Bonchev–Trinajstić information content (AvgIpc) is 4.12. The molecule has 3 aliphatic rings. The van der Waals surface area contributed by atoms with Crippen LogP contribution in [0.15, 0.2) is 179 Å². The van der Waals surface area contributed by atoms with Gasteiger partial charge in [-0.3, -0.25) is 14.8 Å². The molecule has 1 atom stereocenters. The highest BCUT2D eigenvalue weighted by Crippen LogP contribution is 2.52. The van der Waals surface area contributed by atoms with Gasteiger partial charge in [-0.25, -0.2) is 24.6 Å². The molecule has 12 rings (SSSR count). The number of aromatic nitrogens is 8. The summed E-state index contributed by atoms with van der Waals surface area (Å²) in [6.45, 7) is 0. The van der Waals surface area contributed by atoms with E-state index in [1.165, 1.54) is 0 Å². The number of amidine groups is 2. The molecule has 0 saturated carbocycles. The Morgan fingerprint density at radius 2 is 1.54 bits per heavy atom. The minimum atomic E-state index is -1.51. The third-order valence-electron chi connectivity index (χ3n) is 10.9. The van der Waals surface area contributed by atoms with Crippen molar-refractivity contribution >= 4 is 67.5 Å². The number of benzene rings is 3. The summed E-state index contributed by atoms with van der Waals surface area (Å²) >= 11 is 0. The number of nitrogens with one attached hydrogen (secondary N) is 1. The first-order valence-corrected chi connectivity index (χ1v) is 18.6. The molecule has 0 saturated heterocycles. The van der Waals surface area contributed by atoms with Gasteiger partial charge >= 0.3 is 0 Å². The fourth-order valence-electron chi connectivity index (χ4n) is 8.48. The van der Waals surface area contributed by atoms with E-state index in [1.807, 2.05) is 83.9 Å². The van der Waals surface area contributed by atoms with Crippen LogP contribution < -0.4 is 9.80 Å². The van der Waals surface area contributed by atoms with Crippen LogP contribution in [-0.4, -0.2) is 56.7 Å². The van der Waals surface area contributed by atoms with Crippen molar-refractivity contribution in [2.75, 3.05) is 9.80 Å². The molecule has 13 heteroatoms. The van der Waals surface area contributed by atoms with Crippen LogP contribution in [0.3, 0.4) is 0 Å². The van der Waals surface area contributed by atoms with Gasteiger partial charge in [-0.1, -0.05) is 66.7 Å². The van der Waals surface area contributed by atoms with Gasteiger partial charge in [0.25, 0.3) is 5.79 Å². The van der Waals surface area contributed by atoms with E-state index in [1.54, 1.807) is 24.8 Å². The maximum absolute atomic E-state index is 5.48. The molecule has 3 aliphatic heterocycles. The molecule has 0 fully saturated rings. The Morgan fingerprint density at radius 3 is 2.44 bits per heavy atom. The van der Waals surface area contributed by atoms with Crippen molar-refractivity contribution in [3.63, 3.8) is 0 Å². The summed E-state index contributed by atoms with van der Waals surface area (Å²) in [5, 5.41) is 17.8. The second kappa shape index (κ2) is 12.0. The van der Waals surface area contributed by atoms with Crippen molar-refractivity contribution in [2.24, 2.45) is 15.0 Å². The quantitative estimate of drug-likeness (QED) is 0.186. The number of aromatic amines is 1. The number of hydrogen-bond acceptors (Lipinski definition) is 10. The summed E-state index contributed by atoms with van der Waals surface area (Å²) in [6, 6.07) is 36.8. The molecule has 0 bridgehead atoms. The van der Waals surface area contributed by atoms with Crippen molar-refractivity contribution < 1.29 is 0 Å². The summed E-state index contributed by atoms with van der Waals surface area (Å²) in [4.78, 5) is 33.6. The molecule has 1 N–H and O–H groups in total. The first kappa shape index (κ1) is 31.3. The summed E-state index contributed by atoms with van der Waals surface area (Å²) in [7, 11) is 0. The molecule has 13 nitrogen and oxygen atoms in total. The second-order valence-electron chi connectivity index (χ2n) is 14.0. The maximum Gasteiger partial charge on any atom is 0.270 e. The van der Waals surface area contributed by atoms with Gasteiger partial charge in [0.05, 0.1) is 51.9 Å². The van der Waals surface area contributed by atoms with Crippen molar-refractivity contribution in [1.29, 1.82) is 0 Å². The zero-order valence-electron chi connectivity index (χ0n) is 30.1. The summed E-state index contributed by atoms with van der Waals surface area (Å²) < 4.78 is 4.11. The lowest BCUT2D eigenvalue weighted by Crippen LogP contribution is -2.68. The molecular formula is C44H29N13. The Bertz CT molecular complexity index is 3190. The SMILES string of the molecule is c1cnnc(C2(n3ncc4ccccc43)N(c3cnccn3)C3=NC(C4=Nc5ccccc5C4)=NC3=C(c3[nH]cc4ccccc34)N2c2ccn3ccccc23)c1. The topological polar surface area (TPSA) is 133 Å². The predicted molar refractivity (Wildman–Crippen MR) is 221 cm³/mol. The van der Waals surface area contributed by atoms with Crippen LogP contribution in [0.25, 0.3) is 32.9 Å². The predicted octanol–water partition coefficient (Wildman–Crippen LogP) is 7.54. The average molecular weight is 740 g/mol. The zero-order chi connectivity index (χ0) is 37.5. The van der Waals surface area contributed by atoms with Crippen LogP contribution in [0.4, 0.5) is 17.2 Å². The van der Waals surface area contributed by atoms with Gasteiger partial charge in [-0.2, -0.15) is 10.2 Å². The highest BCUT2D eigenvalue weighted by Gasteiger charge is 2.59. The molecule has 1 unspecified atom stereocenters. The Balaban J connectivity index is 1.29. The first-order chi connectivity index (χ1) is 28.3. The Morgan fingerprint density at radius 1 is 0.684 bits per heavy atom. The summed E-state index contributed by atoms with van der Waals surface area (Å²) in [5.74, 6) is 0.0274. The minimum Gasteiger partial charge on any atom is -0.359 e. The van der Waals surface area contributed by atoms with E-state index in [9.17, 15) is 0 Å². The number of para-hydroxylation sites is 2. The van der Waals surface area contributed by atoms with E-state index in [0.717, 1.165) is 61.2 Å². The standard InChI is InChI=1S/C44H29N13/c1-4-13-31-29(11-1)25-47-39(31)41-40-43(52-42(51-40)33-24-28-10-2-5-14-32(28)50-33)56(38-27-45-20-21-46-38)44(37-17-9-19-48-53-37,57-34-15-6-3-12-30(34)26-49-57)55(41)36-18-23-54-22-8-7-16-35(36)54/h1-23,25-27,47H,24H2. The number of nitrogens with zero attached hydrogens (tertiary/aromatic N) is 12. The molecule has 57 heavy (non-hydrogen) atoms. The van der Waals surface area contributed by atoms with E-state index in [2.05, 4.69) is 84.0 Å². The Labute approximate surface area is 324 Å². The lowest BCUT2D eigenvalue weighted by atomic mass is 9.98. The largest absolute Gasteiger partial charge is 0.359 e. The van der Waals surface area contributed by atoms with Gasteiger partial charge in [-0.15, -0.1) is 5.10 Å². The number of fused-ring (bicyclic) bond motifs is 5. The lowest BCUT2D eigenvalue weighted by molar-refractivity contribution is 0.333. The summed E-state index contributed by atoms with van der Waals surface area (Å²) in [6.07, 6.45) is 15.4. The second-order valence-corrected chi connectivity index (χ2v) is 14.0. The number of pyridine rings is 1. The van der Waals surface area contributed by atoms with Crippen LogP contribution >= 0.6 is 0 Å². The van der Waals surface area contributed by atoms with Crippen LogP contribution in [0.5, 0.6) is 0 Å². The Hall–Kier alpha value is -8.06. The van der Waals surface area contributed by atoms with Crippen molar-refractivity contribution in [1.82, 2.24) is 39.3 Å². The number of anilines is 2. The molecule has 6 aromatic heterocycles. The van der Waals surface area contributed by atoms with Gasteiger partial charge in [0.1, 0.15) is 11.4 Å². The first-order valence-electron chi connectivity index (χ1n) is 18.6. The molecule has 0 amide bonds. The highest BCUT2D eigenvalue weighted by molar-refractivity contribution is 6.48. The summed E-state index contributed by atoms with van der Waals surface area (Å²) in [5.41, 5.74) is 8.21. The zero-order valence-corrected chi connectivity index (χ0v) is 30.1. The van der Waals surface area contributed by atoms with Gasteiger partial charge in [0.15, 0.2) is 17.5 Å². The van der Waals surface area contributed by atoms with E-state index in [-0.39, 0.29) is 0 Å². The van der Waals surface area contributed by atoms with Crippen LogP contribution in [0.2, 0.25) is 0 Å². The minimum absolute atomic E-state index is 0.496. The van der Waals surface area contributed by atoms with E-state index < -0.39 is 5.79 Å². The normalized spacial score (nSPS) is 17.6. The van der Waals surface area contributed by atoms with E-state index in [0.29, 0.717) is 35.3 Å². The number of H-pyrrole nitrogens is 1. The highest BCUT2D eigenvalue weighted by atomic mass is 15.6. The van der Waals surface area contributed by atoms with E-state index >= 15 is 0 Å². The fourth-order valence-corrected chi connectivity index (χ4v) is 8.48.